The number of rotatable bonds is 5. The highest BCUT2D eigenvalue weighted by Crippen LogP contribution is 2.66. The monoisotopic (exact) mass is 281 g/mol. The third-order valence-electron chi connectivity index (χ3n) is 6.86. The van der Waals surface area contributed by atoms with E-state index in [2.05, 4.69) is 27.7 Å². The second-order valence-corrected chi connectivity index (χ2v) is 8.01. The molecule has 0 heterocycles. The lowest BCUT2D eigenvalue weighted by molar-refractivity contribution is -0.185. The average Bonchev–Trinajstić information content (AvgIpc) is 2.71. The predicted octanol–water partition coefficient (Wildman–Crippen LogP) is 3.11. The van der Waals surface area contributed by atoms with Gasteiger partial charge in [0.2, 0.25) is 0 Å². The molecule has 3 aliphatic carbocycles. The Kier molecular flexibility index (Phi) is 3.67. The maximum Gasteiger partial charge on any atom is 0.0988 e. The maximum atomic E-state index is 6.49. The van der Waals surface area contributed by atoms with Crippen LogP contribution in [0.3, 0.4) is 0 Å². The molecule has 0 aromatic heterocycles. The zero-order valence-electron chi connectivity index (χ0n) is 13.5. The Hall–Kier alpha value is -0.120. The molecule has 3 saturated carbocycles. The third-order valence-corrected chi connectivity index (χ3v) is 6.86. The third kappa shape index (κ3) is 1.97. The van der Waals surface area contributed by atoms with Crippen LogP contribution in [0.25, 0.3) is 0 Å². The van der Waals surface area contributed by atoms with Gasteiger partial charge in [-0.15, -0.1) is 0 Å². The molecular formula is C17H31NO2. The van der Waals surface area contributed by atoms with E-state index in [9.17, 15) is 0 Å². The van der Waals surface area contributed by atoms with Crippen LogP contribution < -0.4 is 5.73 Å². The number of hydrogen-bond acceptors (Lipinski definition) is 3. The Morgan fingerprint density at radius 2 is 1.95 bits per heavy atom. The van der Waals surface area contributed by atoms with E-state index in [-0.39, 0.29) is 18.2 Å². The van der Waals surface area contributed by atoms with Crippen molar-refractivity contribution >= 4 is 0 Å². The summed E-state index contributed by atoms with van der Waals surface area (Å²) in [4.78, 5) is 0. The topological polar surface area (TPSA) is 44.5 Å². The molecule has 6 unspecified atom stereocenters. The smallest absolute Gasteiger partial charge is 0.0988 e. The summed E-state index contributed by atoms with van der Waals surface area (Å²) in [7, 11) is 0. The van der Waals surface area contributed by atoms with Crippen LogP contribution in [0.5, 0.6) is 0 Å². The van der Waals surface area contributed by atoms with Gasteiger partial charge in [-0.05, 0) is 48.9 Å². The molecule has 3 rings (SSSR count). The summed E-state index contributed by atoms with van der Waals surface area (Å²) in [5.74, 6) is 0.835. The van der Waals surface area contributed by atoms with Crippen LogP contribution >= 0.6 is 0 Å². The molecule has 2 N–H and O–H groups in total. The molecule has 0 amide bonds. The number of nitrogens with two attached hydrogens (primary N) is 1. The first kappa shape index (κ1) is 14.8. The minimum atomic E-state index is 0.126. The van der Waals surface area contributed by atoms with Gasteiger partial charge in [0.15, 0.2) is 0 Å². The summed E-state index contributed by atoms with van der Waals surface area (Å²) < 4.78 is 12.4. The fourth-order valence-corrected chi connectivity index (χ4v) is 4.78. The Balaban J connectivity index is 1.62. The van der Waals surface area contributed by atoms with Crippen LogP contribution in [0.2, 0.25) is 0 Å². The molecule has 0 aromatic carbocycles. The van der Waals surface area contributed by atoms with Crippen LogP contribution in [0.15, 0.2) is 0 Å². The summed E-state index contributed by atoms with van der Waals surface area (Å²) in [6, 6.07) is 0.172. The standard InChI is InChI=1S/C17H31NO2/c1-5-8-19-15-12(18)10-13(15)20-14-9-11-6-7-17(14,4)16(11,2)3/h11-15H,5-10,18H2,1-4H3. The molecule has 0 spiro atoms. The quantitative estimate of drug-likeness (QED) is 0.842. The number of hydrogen-bond donors (Lipinski definition) is 1. The van der Waals surface area contributed by atoms with Gasteiger partial charge in [0.05, 0.1) is 18.3 Å². The molecule has 20 heavy (non-hydrogen) atoms. The van der Waals surface area contributed by atoms with Gasteiger partial charge in [-0.2, -0.15) is 0 Å². The molecule has 2 bridgehead atoms. The van der Waals surface area contributed by atoms with E-state index in [1.807, 2.05) is 0 Å². The zero-order valence-corrected chi connectivity index (χ0v) is 13.5. The second kappa shape index (κ2) is 4.96. The molecule has 0 radical (unpaired) electrons. The predicted molar refractivity (Wildman–Crippen MR) is 80.5 cm³/mol. The largest absolute Gasteiger partial charge is 0.374 e. The highest BCUT2D eigenvalue weighted by atomic mass is 16.6. The molecule has 0 aliphatic heterocycles. The summed E-state index contributed by atoms with van der Waals surface area (Å²) in [6.45, 7) is 10.2. The van der Waals surface area contributed by atoms with E-state index in [0.29, 0.717) is 16.9 Å². The highest BCUT2D eigenvalue weighted by molar-refractivity contribution is 5.12. The maximum absolute atomic E-state index is 6.49. The van der Waals surface area contributed by atoms with Gasteiger partial charge in [-0.3, -0.25) is 0 Å². The number of fused-ring (bicyclic) bond motifs is 2. The van der Waals surface area contributed by atoms with Crippen LogP contribution in [0.4, 0.5) is 0 Å². The highest BCUT2D eigenvalue weighted by Gasteiger charge is 2.62. The van der Waals surface area contributed by atoms with Crippen LogP contribution in [-0.2, 0) is 9.47 Å². The summed E-state index contributed by atoms with van der Waals surface area (Å²) in [5, 5.41) is 0. The van der Waals surface area contributed by atoms with E-state index in [1.54, 1.807) is 0 Å². The molecular weight excluding hydrogens is 250 g/mol. The lowest BCUT2D eigenvalue weighted by Gasteiger charge is -2.47. The molecule has 3 fully saturated rings. The average molecular weight is 281 g/mol. The van der Waals surface area contributed by atoms with Crippen molar-refractivity contribution in [1.82, 2.24) is 0 Å². The van der Waals surface area contributed by atoms with Crippen LogP contribution in [0.1, 0.15) is 59.8 Å². The lowest BCUT2D eigenvalue weighted by atomic mass is 9.70. The van der Waals surface area contributed by atoms with Crippen molar-refractivity contribution in [2.45, 2.75) is 84.2 Å². The van der Waals surface area contributed by atoms with Gasteiger partial charge < -0.3 is 15.2 Å². The first-order valence-electron chi connectivity index (χ1n) is 8.43. The molecule has 6 atom stereocenters. The fraction of sp³-hybridized carbons (Fsp3) is 1.00. The fourth-order valence-electron chi connectivity index (χ4n) is 4.78. The van der Waals surface area contributed by atoms with Gasteiger partial charge in [0.1, 0.15) is 0 Å². The van der Waals surface area contributed by atoms with Crippen molar-refractivity contribution in [3.8, 4) is 0 Å². The van der Waals surface area contributed by atoms with Crippen molar-refractivity contribution in [2.24, 2.45) is 22.5 Å². The van der Waals surface area contributed by atoms with Crippen molar-refractivity contribution in [3.05, 3.63) is 0 Å². The van der Waals surface area contributed by atoms with Gasteiger partial charge in [0, 0.05) is 12.6 Å². The Bertz CT molecular complexity index is 370. The Morgan fingerprint density at radius 3 is 2.45 bits per heavy atom. The van der Waals surface area contributed by atoms with Crippen molar-refractivity contribution in [1.29, 1.82) is 0 Å². The Morgan fingerprint density at radius 1 is 1.20 bits per heavy atom. The van der Waals surface area contributed by atoms with Gasteiger partial charge in [-0.25, -0.2) is 0 Å². The summed E-state index contributed by atoms with van der Waals surface area (Å²) >= 11 is 0. The van der Waals surface area contributed by atoms with Gasteiger partial charge in [-0.1, -0.05) is 27.7 Å². The first-order valence-corrected chi connectivity index (χ1v) is 8.43. The normalized spacial score (nSPS) is 49.4. The minimum Gasteiger partial charge on any atom is -0.374 e. The van der Waals surface area contributed by atoms with E-state index in [0.717, 1.165) is 25.4 Å². The molecule has 0 aromatic rings. The van der Waals surface area contributed by atoms with Gasteiger partial charge in [0.25, 0.3) is 0 Å². The van der Waals surface area contributed by atoms with Crippen LogP contribution in [0, 0.1) is 16.7 Å². The van der Waals surface area contributed by atoms with Gasteiger partial charge >= 0.3 is 0 Å². The Labute approximate surface area is 123 Å². The van der Waals surface area contributed by atoms with E-state index >= 15 is 0 Å². The van der Waals surface area contributed by atoms with Crippen molar-refractivity contribution < 1.29 is 9.47 Å². The first-order chi connectivity index (χ1) is 9.40. The lowest BCUT2D eigenvalue weighted by Crippen LogP contribution is -2.60. The summed E-state index contributed by atoms with van der Waals surface area (Å²) in [6.07, 6.45) is 6.70. The SMILES string of the molecule is CCCOC1C(N)CC1OC1CC2CCC1(C)C2(C)C. The summed E-state index contributed by atoms with van der Waals surface area (Å²) in [5.41, 5.74) is 6.85. The molecule has 3 aliphatic rings. The second-order valence-electron chi connectivity index (χ2n) is 8.01. The molecule has 116 valence electrons. The molecule has 0 saturated heterocycles. The minimum absolute atomic E-state index is 0.126. The molecule has 3 heteroatoms. The van der Waals surface area contributed by atoms with Crippen molar-refractivity contribution in [2.75, 3.05) is 6.61 Å². The number of ether oxygens (including phenoxy) is 2. The molecule has 3 nitrogen and oxygen atoms in total. The van der Waals surface area contributed by atoms with Crippen molar-refractivity contribution in [3.63, 3.8) is 0 Å². The van der Waals surface area contributed by atoms with Crippen LogP contribution in [-0.4, -0.2) is 31.0 Å². The van der Waals surface area contributed by atoms with E-state index < -0.39 is 0 Å². The zero-order chi connectivity index (χ0) is 14.5. The van der Waals surface area contributed by atoms with E-state index in [1.165, 1.54) is 19.3 Å². The van der Waals surface area contributed by atoms with E-state index in [4.69, 9.17) is 15.2 Å².